The van der Waals surface area contributed by atoms with E-state index in [-0.39, 0.29) is 13.2 Å². The number of rotatable bonds is 4. The molecular weight excluding hydrogens is 248 g/mol. The largest absolute Gasteiger partial charge is 0.440 e. The molecule has 1 aliphatic rings. The Kier molecular flexibility index (Phi) is 3.07. The summed E-state index contributed by atoms with van der Waals surface area (Å²) < 4.78 is 32.7. The van der Waals surface area contributed by atoms with Gasteiger partial charge in [0, 0.05) is 12.4 Å². The van der Waals surface area contributed by atoms with Crippen LogP contribution in [0.4, 0.5) is 4.79 Å². The molecule has 0 saturated carbocycles. The van der Waals surface area contributed by atoms with E-state index in [1.807, 2.05) is 0 Å². The number of aromatic nitrogens is 1. The van der Waals surface area contributed by atoms with Crippen molar-refractivity contribution < 1.29 is 22.1 Å². The second kappa shape index (κ2) is 4.38. The summed E-state index contributed by atoms with van der Waals surface area (Å²) in [5.41, 5.74) is 0. The van der Waals surface area contributed by atoms with Crippen LogP contribution in [-0.2, 0) is 19.0 Å². The zero-order chi connectivity index (χ0) is 12.5. The van der Waals surface area contributed by atoms with Gasteiger partial charge in [0.2, 0.25) is 0 Å². The number of hydrogen-bond donors (Lipinski definition) is 0. The number of carbonyl (C=O) groups is 1. The Balaban J connectivity index is 1.96. The summed E-state index contributed by atoms with van der Waals surface area (Å²) in [6, 6.07) is 3.54. The van der Waals surface area contributed by atoms with Gasteiger partial charge in [-0.3, -0.25) is 8.86 Å². The molecule has 0 radical (unpaired) electrons. The lowest BCUT2D eigenvalue weighted by Crippen LogP contribution is -2.35. The molecule has 17 heavy (non-hydrogen) atoms. The second-order valence-electron chi connectivity index (χ2n) is 3.64. The van der Waals surface area contributed by atoms with Crippen LogP contribution in [0.3, 0.4) is 0 Å². The van der Waals surface area contributed by atoms with E-state index in [9.17, 15) is 13.2 Å². The average Bonchev–Trinajstić information content (AvgIpc) is 2.82. The molecule has 0 spiro atoms. The minimum absolute atomic E-state index is 0.164. The highest BCUT2D eigenvalue weighted by Gasteiger charge is 2.33. The van der Waals surface area contributed by atoms with Crippen molar-refractivity contribution in [2.75, 3.05) is 24.4 Å². The fourth-order valence-corrected chi connectivity index (χ4v) is 1.87. The van der Waals surface area contributed by atoms with Gasteiger partial charge >= 0.3 is 6.09 Å². The molecule has 0 N–H and O–H groups in total. The Morgan fingerprint density at radius 1 is 1.47 bits per heavy atom. The van der Waals surface area contributed by atoms with Gasteiger partial charge in [0.15, 0.2) is 0 Å². The maximum Gasteiger partial charge on any atom is 0.429 e. The maximum atomic E-state index is 11.5. The predicted molar refractivity (Wildman–Crippen MR) is 58.6 cm³/mol. The Bertz CT molecular complexity index is 495. The summed E-state index contributed by atoms with van der Waals surface area (Å²) in [5.74, 6) is 0. The first-order valence-corrected chi connectivity index (χ1v) is 6.73. The van der Waals surface area contributed by atoms with Gasteiger partial charge in [0.1, 0.15) is 12.7 Å². The summed E-state index contributed by atoms with van der Waals surface area (Å²) in [6.07, 6.45) is 3.23. The number of carbonyl (C=O) groups excluding carboxylic acids is 1. The highest BCUT2D eigenvalue weighted by molar-refractivity contribution is 7.85. The Morgan fingerprint density at radius 2 is 2.12 bits per heavy atom. The van der Waals surface area contributed by atoms with Gasteiger partial charge in [-0.15, -0.1) is 0 Å². The van der Waals surface area contributed by atoms with E-state index in [1.54, 1.807) is 29.2 Å². The molecule has 7 nitrogen and oxygen atoms in total. The fourth-order valence-electron chi connectivity index (χ4n) is 1.47. The van der Waals surface area contributed by atoms with Crippen LogP contribution in [0.15, 0.2) is 24.5 Å². The molecule has 0 bridgehead atoms. The molecule has 1 aromatic heterocycles. The topological polar surface area (TPSA) is 77.8 Å². The van der Waals surface area contributed by atoms with Crippen molar-refractivity contribution in [1.29, 1.82) is 0 Å². The van der Waals surface area contributed by atoms with Crippen LogP contribution < -0.4 is 5.01 Å². The molecule has 2 rings (SSSR count). The van der Waals surface area contributed by atoms with Crippen molar-refractivity contribution in [2.24, 2.45) is 0 Å². The van der Waals surface area contributed by atoms with Gasteiger partial charge in [-0.1, -0.05) is 0 Å². The lowest BCUT2D eigenvalue weighted by molar-refractivity contribution is 0.107. The van der Waals surface area contributed by atoms with Crippen LogP contribution in [-0.4, -0.2) is 44.7 Å². The van der Waals surface area contributed by atoms with Crippen LogP contribution in [0.2, 0.25) is 0 Å². The molecule has 0 aliphatic carbocycles. The molecule has 8 heteroatoms. The minimum Gasteiger partial charge on any atom is -0.440 e. The lowest BCUT2D eigenvalue weighted by atomic mass is 10.4. The molecule has 1 amide bonds. The Morgan fingerprint density at radius 3 is 2.71 bits per heavy atom. The molecule has 0 unspecified atom stereocenters. The van der Waals surface area contributed by atoms with Crippen LogP contribution in [0, 0.1) is 0 Å². The second-order valence-corrected chi connectivity index (χ2v) is 5.28. The van der Waals surface area contributed by atoms with Crippen LogP contribution in [0.25, 0.3) is 0 Å². The van der Waals surface area contributed by atoms with Gasteiger partial charge in [0.25, 0.3) is 10.1 Å². The molecule has 1 saturated heterocycles. The summed E-state index contributed by atoms with van der Waals surface area (Å²) in [6.45, 7) is 0.0887. The van der Waals surface area contributed by atoms with Crippen LogP contribution in [0.5, 0.6) is 0 Å². The zero-order valence-electron chi connectivity index (χ0n) is 9.14. The van der Waals surface area contributed by atoms with Crippen molar-refractivity contribution >= 4 is 16.2 Å². The standard InChI is InChI=1S/C9H12N2O5S/c1-17(13,14)15-7-8-6-11(9(12)16-8)10-4-2-3-5-10/h2-5,8H,6-7H2,1H3/t8-/m1/s1. The summed E-state index contributed by atoms with van der Waals surface area (Å²) in [5, 5.41) is 1.36. The molecular formula is C9H12N2O5S. The van der Waals surface area contributed by atoms with Gasteiger partial charge in [-0.05, 0) is 12.1 Å². The minimum atomic E-state index is -3.52. The summed E-state index contributed by atoms with van der Waals surface area (Å²) in [7, 11) is -3.52. The van der Waals surface area contributed by atoms with Gasteiger partial charge in [-0.25, -0.2) is 9.80 Å². The van der Waals surface area contributed by atoms with E-state index in [4.69, 9.17) is 4.74 Å². The van der Waals surface area contributed by atoms with Crippen molar-refractivity contribution in [3.63, 3.8) is 0 Å². The number of amides is 1. The molecule has 1 aromatic rings. The number of cyclic esters (lactones) is 1. The van der Waals surface area contributed by atoms with Crippen molar-refractivity contribution in [3.8, 4) is 0 Å². The normalized spacial score (nSPS) is 20.6. The van der Waals surface area contributed by atoms with E-state index in [1.165, 1.54) is 5.01 Å². The van der Waals surface area contributed by atoms with Gasteiger partial charge in [0.05, 0.1) is 12.8 Å². The van der Waals surface area contributed by atoms with Crippen molar-refractivity contribution in [3.05, 3.63) is 24.5 Å². The van der Waals surface area contributed by atoms with Gasteiger partial charge < -0.3 is 4.74 Å². The molecule has 94 valence electrons. The number of ether oxygens (including phenoxy) is 1. The third kappa shape index (κ3) is 2.98. The monoisotopic (exact) mass is 260 g/mol. The first-order chi connectivity index (χ1) is 7.96. The molecule has 1 aliphatic heterocycles. The van der Waals surface area contributed by atoms with E-state index >= 15 is 0 Å². The number of hydrogen-bond acceptors (Lipinski definition) is 5. The van der Waals surface area contributed by atoms with Crippen LogP contribution in [0.1, 0.15) is 0 Å². The zero-order valence-corrected chi connectivity index (χ0v) is 9.96. The third-order valence-electron chi connectivity index (χ3n) is 2.19. The number of nitrogens with zero attached hydrogens (tertiary/aromatic N) is 2. The van der Waals surface area contributed by atoms with Crippen molar-refractivity contribution in [1.82, 2.24) is 4.68 Å². The van der Waals surface area contributed by atoms with E-state index in [0.717, 1.165) is 6.26 Å². The SMILES string of the molecule is CS(=O)(=O)OC[C@H]1CN(n2cccc2)C(=O)O1. The highest BCUT2D eigenvalue weighted by Crippen LogP contribution is 2.11. The fraction of sp³-hybridized carbons (Fsp3) is 0.444. The third-order valence-corrected chi connectivity index (χ3v) is 2.75. The van der Waals surface area contributed by atoms with E-state index in [0.29, 0.717) is 0 Å². The molecule has 1 atom stereocenters. The predicted octanol–water partition coefficient (Wildman–Crippen LogP) is -0.0789. The average molecular weight is 260 g/mol. The van der Waals surface area contributed by atoms with Gasteiger partial charge in [-0.2, -0.15) is 8.42 Å². The smallest absolute Gasteiger partial charge is 0.429 e. The highest BCUT2D eigenvalue weighted by atomic mass is 32.2. The molecule has 2 heterocycles. The summed E-state index contributed by atoms with van der Waals surface area (Å²) >= 11 is 0. The van der Waals surface area contributed by atoms with Crippen LogP contribution >= 0.6 is 0 Å². The Hall–Kier alpha value is -1.54. The first-order valence-electron chi connectivity index (χ1n) is 4.91. The molecule has 0 aromatic carbocycles. The first kappa shape index (κ1) is 11.9. The van der Waals surface area contributed by atoms with E-state index in [2.05, 4.69) is 4.18 Å². The quantitative estimate of drug-likeness (QED) is 0.708. The lowest BCUT2D eigenvalue weighted by Gasteiger charge is -2.13. The summed E-state index contributed by atoms with van der Waals surface area (Å²) in [4.78, 5) is 11.5. The van der Waals surface area contributed by atoms with E-state index < -0.39 is 22.3 Å². The Labute approximate surface area is 98.6 Å². The van der Waals surface area contributed by atoms with Crippen molar-refractivity contribution in [2.45, 2.75) is 6.10 Å². The maximum absolute atomic E-state index is 11.5. The molecule has 1 fully saturated rings.